The molecule has 1 rings (SSSR count). The predicted molar refractivity (Wildman–Crippen MR) is 78.8 cm³/mol. The molecule has 4 N–H and O–H groups in total. The largest absolute Gasteiger partial charge is 0.397 e. The van der Waals surface area contributed by atoms with Crippen molar-refractivity contribution >= 4 is 33.2 Å². The van der Waals surface area contributed by atoms with Gasteiger partial charge >= 0.3 is 0 Å². The average molecular weight is 320 g/mol. The fraction of sp³-hybridized carbons (Fsp3) is 0.417. The van der Waals surface area contributed by atoms with Gasteiger partial charge in [0.2, 0.25) is 15.9 Å². The van der Waals surface area contributed by atoms with Crippen LogP contribution in [0.4, 0.5) is 5.69 Å². The van der Waals surface area contributed by atoms with Gasteiger partial charge < -0.3 is 11.5 Å². The number of primary amides is 1. The van der Waals surface area contributed by atoms with E-state index in [9.17, 15) is 13.2 Å². The van der Waals surface area contributed by atoms with Gasteiger partial charge in [0.25, 0.3) is 0 Å². The lowest BCUT2D eigenvalue weighted by Gasteiger charge is -2.25. The van der Waals surface area contributed by atoms with Crippen molar-refractivity contribution in [3.05, 3.63) is 22.7 Å². The van der Waals surface area contributed by atoms with Crippen molar-refractivity contribution in [3.63, 3.8) is 0 Å². The molecule has 0 aromatic heterocycles. The molecule has 0 radical (unpaired) electrons. The Morgan fingerprint density at radius 2 is 1.95 bits per heavy atom. The summed E-state index contributed by atoms with van der Waals surface area (Å²) in [7, 11) is -3.87. The highest BCUT2D eigenvalue weighted by Crippen LogP contribution is 2.28. The Kier molecular flexibility index (Phi) is 5.01. The number of amides is 1. The number of nitrogens with two attached hydrogens (primary N) is 2. The third-order valence-electron chi connectivity index (χ3n) is 2.77. The molecule has 1 amide bonds. The van der Waals surface area contributed by atoms with Crippen LogP contribution in [0.1, 0.15) is 19.4 Å². The molecular weight excluding hydrogens is 302 g/mol. The molecule has 0 saturated heterocycles. The quantitative estimate of drug-likeness (QED) is 0.793. The fourth-order valence-electron chi connectivity index (χ4n) is 1.77. The van der Waals surface area contributed by atoms with E-state index in [0.29, 0.717) is 5.56 Å². The summed E-state index contributed by atoms with van der Waals surface area (Å²) in [4.78, 5) is 11.1. The van der Waals surface area contributed by atoms with Gasteiger partial charge in [0.05, 0.1) is 22.2 Å². The zero-order valence-electron chi connectivity index (χ0n) is 11.6. The Labute approximate surface area is 123 Å². The zero-order chi connectivity index (χ0) is 15.7. The minimum Gasteiger partial charge on any atom is -0.397 e. The van der Waals surface area contributed by atoms with Gasteiger partial charge in [-0.1, -0.05) is 11.6 Å². The summed E-state index contributed by atoms with van der Waals surface area (Å²) in [6.07, 6.45) is 0. The van der Waals surface area contributed by atoms with Crippen LogP contribution in [0.3, 0.4) is 0 Å². The summed E-state index contributed by atoms with van der Waals surface area (Å²) in [5.41, 5.74) is 11.4. The molecule has 0 fully saturated rings. The van der Waals surface area contributed by atoms with Gasteiger partial charge in [-0.25, -0.2) is 8.42 Å². The number of benzene rings is 1. The van der Waals surface area contributed by atoms with Crippen LogP contribution >= 0.6 is 11.6 Å². The van der Waals surface area contributed by atoms with Crippen molar-refractivity contribution in [2.45, 2.75) is 31.7 Å². The molecule has 8 heteroatoms. The second-order valence-corrected chi connectivity index (χ2v) is 7.02. The van der Waals surface area contributed by atoms with Crippen molar-refractivity contribution < 1.29 is 13.2 Å². The Morgan fingerprint density at radius 3 is 2.40 bits per heavy atom. The minimum atomic E-state index is -3.87. The SMILES string of the molecule is Cc1cc(Cl)c(N)cc1S(=O)(=O)N(CC(N)=O)C(C)C. The van der Waals surface area contributed by atoms with Gasteiger partial charge in [0.1, 0.15) is 0 Å². The number of hydrogen-bond donors (Lipinski definition) is 2. The number of sulfonamides is 1. The van der Waals surface area contributed by atoms with Gasteiger partial charge in [-0.05, 0) is 38.5 Å². The third kappa shape index (κ3) is 3.41. The van der Waals surface area contributed by atoms with Gasteiger partial charge in [-0.2, -0.15) is 4.31 Å². The summed E-state index contributed by atoms with van der Waals surface area (Å²) in [5.74, 6) is -0.720. The standard InChI is InChI=1S/C12H18ClN3O3S/c1-7(2)16(6-12(15)17)20(18,19)11-5-10(14)9(13)4-8(11)3/h4-5,7H,6,14H2,1-3H3,(H2,15,17). The zero-order valence-corrected chi connectivity index (χ0v) is 13.1. The lowest BCUT2D eigenvalue weighted by Crippen LogP contribution is -2.42. The van der Waals surface area contributed by atoms with E-state index in [2.05, 4.69) is 0 Å². The number of rotatable bonds is 5. The highest BCUT2D eigenvalue weighted by atomic mass is 35.5. The van der Waals surface area contributed by atoms with Gasteiger partial charge in [-0.15, -0.1) is 0 Å². The Bertz CT molecular complexity index is 629. The smallest absolute Gasteiger partial charge is 0.244 e. The van der Waals surface area contributed by atoms with Crippen molar-refractivity contribution in [1.29, 1.82) is 0 Å². The molecular formula is C12H18ClN3O3S. The lowest BCUT2D eigenvalue weighted by atomic mass is 10.2. The molecule has 20 heavy (non-hydrogen) atoms. The van der Waals surface area contributed by atoms with Crippen molar-refractivity contribution in [2.75, 3.05) is 12.3 Å². The average Bonchev–Trinajstić information content (AvgIpc) is 2.29. The van der Waals surface area contributed by atoms with E-state index < -0.39 is 22.0 Å². The number of aryl methyl sites for hydroxylation is 1. The van der Waals surface area contributed by atoms with Crippen LogP contribution in [0, 0.1) is 6.92 Å². The van der Waals surface area contributed by atoms with Crippen LogP contribution in [-0.2, 0) is 14.8 Å². The summed E-state index contributed by atoms with van der Waals surface area (Å²) in [5, 5.41) is 0.285. The summed E-state index contributed by atoms with van der Waals surface area (Å²) in [6, 6.07) is 2.36. The van der Waals surface area contributed by atoms with Crippen LogP contribution in [0.5, 0.6) is 0 Å². The number of carbonyl (C=O) groups excluding carboxylic acids is 1. The van der Waals surface area contributed by atoms with Gasteiger partial charge in [-0.3, -0.25) is 4.79 Å². The number of anilines is 1. The molecule has 0 bridgehead atoms. The first-order valence-corrected chi connectivity index (χ1v) is 7.75. The molecule has 0 unspecified atom stereocenters. The Morgan fingerprint density at radius 1 is 1.40 bits per heavy atom. The maximum Gasteiger partial charge on any atom is 0.244 e. The minimum absolute atomic E-state index is 0.0225. The normalized spacial score (nSPS) is 12.1. The predicted octanol–water partition coefficient (Wildman–Crippen LogP) is 1.12. The first-order chi connectivity index (χ1) is 9.07. The molecule has 6 nitrogen and oxygen atoms in total. The van der Waals surface area contributed by atoms with Crippen molar-refractivity contribution in [2.24, 2.45) is 5.73 Å². The van der Waals surface area contributed by atoms with E-state index in [4.69, 9.17) is 23.1 Å². The maximum atomic E-state index is 12.6. The molecule has 0 saturated carbocycles. The van der Waals surface area contributed by atoms with E-state index in [1.807, 2.05) is 0 Å². The molecule has 112 valence electrons. The Balaban J connectivity index is 3.41. The molecule has 0 aliphatic rings. The van der Waals surface area contributed by atoms with Crippen LogP contribution < -0.4 is 11.5 Å². The summed E-state index contributed by atoms with van der Waals surface area (Å²) >= 11 is 5.85. The van der Waals surface area contributed by atoms with Crippen LogP contribution in [0.15, 0.2) is 17.0 Å². The molecule has 1 aromatic rings. The highest BCUT2D eigenvalue weighted by Gasteiger charge is 2.30. The number of nitrogens with zero attached hydrogens (tertiary/aromatic N) is 1. The molecule has 0 aliphatic heterocycles. The topological polar surface area (TPSA) is 106 Å². The van der Waals surface area contributed by atoms with E-state index in [0.717, 1.165) is 4.31 Å². The number of nitrogen functional groups attached to an aromatic ring is 1. The fourth-order valence-corrected chi connectivity index (χ4v) is 3.84. The van der Waals surface area contributed by atoms with E-state index in [1.165, 1.54) is 12.1 Å². The lowest BCUT2D eigenvalue weighted by molar-refractivity contribution is -0.118. The first kappa shape index (κ1) is 16.7. The van der Waals surface area contributed by atoms with Gasteiger partial charge in [0, 0.05) is 6.04 Å². The van der Waals surface area contributed by atoms with Crippen molar-refractivity contribution in [1.82, 2.24) is 4.31 Å². The van der Waals surface area contributed by atoms with Crippen LogP contribution in [-0.4, -0.2) is 31.2 Å². The highest BCUT2D eigenvalue weighted by molar-refractivity contribution is 7.89. The molecule has 0 heterocycles. The van der Waals surface area contributed by atoms with E-state index in [-0.39, 0.29) is 22.2 Å². The molecule has 0 aliphatic carbocycles. The van der Waals surface area contributed by atoms with Crippen LogP contribution in [0.2, 0.25) is 5.02 Å². The second-order valence-electron chi connectivity index (χ2n) is 4.75. The number of hydrogen-bond acceptors (Lipinski definition) is 4. The van der Waals surface area contributed by atoms with Crippen LogP contribution in [0.25, 0.3) is 0 Å². The monoisotopic (exact) mass is 319 g/mol. The molecule has 0 atom stereocenters. The molecule has 0 spiro atoms. The Hall–Kier alpha value is -1.31. The maximum absolute atomic E-state index is 12.6. The van der Waals surface area contributed by atoms with Crippen molar-refractivity contribution in [3.8, 4) is 0 Å². The first-order valence-electron chi connectivity index (χ1n) is 5.93. The van der Waals surface area contributed by atoms with E-state index in [1.54, 1.807) is 20.8 Å². The molecule has 1 aromatic carbocycles. The summed E-state index contributed by atoms with van der Waals surface area (Å²) < 4.78 is 26.3. The van der Waals surface area contributed by atoms with Gasteiger partial charge in [0.15, 0.2) is 0 Å². The number of carbonyl (C=O) groups is 1. The second kappa shape index (κ2) is 5.99. The third-order valence-corrected chi connectivity index (χ3v) is 5.26. The summed E-state index contributed by atoms with van der Waals surface area (Å²) in [6.45, 7) is 4.55. The number of halogens is 1. The van der Waals surface area contributed by atoms with E-state index >= 15 is 0 Å².